The van der Waals surface area contributed by atoms with Gasteiger partial charge in [0.1, 0.15) is 5.75 Å². The van der Waals surface area contributed by atoms with Crippen molar-refractivity contribution in [2.75, 3.05) is 13.1 Å². The van der Waals surface area contributed by atoms with Crippen LogP contribution in [0.5, 0.6) is 5.75 Å². The summed E-state index contributed by atoms with van der Waals surface area (Å²) in [6.07, 6.45) is 6.15. The van der Waals surface area contributed by atoms with E-state index in [0.29, 0.717) is 12.6 Å². The summed E-state index contributed by atoms with van der Waals surface area (Å²) in [6.45, 7) is 10.6. The first-order chi connectivity index (χ1) is 14.5. The smallest absolute Gasteiger partial charge is 0.191 e. The first-order valence-corrected chi connectivity index (χ1v) is 11.2. The van der Waals surface area contributed by atoms with E-state index in [1.807, 2.05) is 11.7 Å². The van der Waals surface area contributed by atoms with E-state index in [-0.39, 0.29) is 24.0 Å². The fraction of sp³-hybridized carbons (Fsp3) is 0.583. The van der Waals surface area contributed by atoms with E-state index in [1.165, 1.54) is 29.7 Å². The Bertz CT molecular complexity index is 871. The third-order valence-corrected chi connectivity index (χ3v) is 5.90. The van der Waals surface area contributed by atoms with Gasteiger partial charge in [0.05, 0.1) is 18.3 Å². The molecule has 2 aromatic rings. The minimum atomic E-state index is 0. The number of nitrogens with one attached hydrogen (secondary N) is 2. The molecule has 0 saturated heterocycles. The molecule has 0 atom stereocenters. The molecule has 0 spiro atoms. The lowest BCUT2D eigenvalue weighted by Gasteiger charge is -2.17. The van der Waals surface area contributed by atoms with Crippen molar-refractivity contribution >= 4 is 29.9 Å². The predicted octanol–water partition coefficient (Wildman–Crippen LogP) is 4.58. The highest BCUT2D eigenvalue weighted by Gasteiger charge is 2.18. The van der Waals surface area contributed by atoms with Crippen molar-refractivity contribution < 1.29 is 4.74 Å². The second-order valence-electron chi connectivity index (χ2n) is 8.28. The Kier molecular flexibility index (Phi) is 10.1. The molecule has 1 aliphatic carbocycles. The quantitative estimate of drug-likeness (QED) is 0.293. The van der Waals surface area contributed by atoms with Crippen LogP contribution in [0.15, 0.2) is 23.2 Å². The Balaban J connectivity index is 0.00000341. The number of nitrogens with zero attached hydrogens (tertiary/aromatic N) is 3. The van der Waals surface area contributed by atoms with E-state index in [9.17, 15) is 0 Å². The lowest BCUT2D eigenvalue weighted by atomic mass is 10.1. The van der Waals surface area contributed by atoms with Crippen LogP contribution in [0.4, 0.5) is 0 Å². The first-order valence-electron chi connectivity index (χ1n) is 11.2. The summed E-state index contributed by atoms with van der Waals surface area (Å²) in [4.78, 5) is 4.82. The number of halogens is 1. The van der Waals surface area contributed by atoms with Crippen LogP contribution in [0, 0.1) is 20.8 Å². The number of guanidine groups is 1. The zero-order chi connectivity index (χ0) is 21.5. The molecule has 31 heavy (non-hydrogen) atoms. The van der Waals surface area contributed by atoms with Gasteiger partial charge >= 0.3 is 0 Å². The second-order valence-corrected chi connectivity index (χ2v) is 8.28. The van der Waals surface area contributed by atoms with Crippen LogP contribution in [0.1, 0.15) is 60.7 Å². The van der Waals surface area contributed by atoms with Crippen molar-refractivity contribution in [3.8, 4) is 5.75 Å². The van der Waals surface area contributed by atoms with Gasteiger partial charge < -0.3 is 15.4 Å². The number of hydrogen-bond acceptors (Lipinski definition) is 3. The minimum Gasteiger partial charge on any atom is -0.490 e. The highest BCUT2D eigenvalue weighted by atomic mass is 127. The van der Waals surface area contributed by atoms with Gasteiger partial charge in [0.15, 0.2) is 5.96 Å². The van der Waals surface area contributed by atoms with Crippen molar-refractivity contribution in [1.29, 1.82) is 0 Å². The summed E-state index contributed by atoms with van der Waals surface area (Å²) in [5, 5.41) is 11.3. The fourth-order valence-electron chi connectivity index (χ4n) is 4.08. The summed E-state index contributed by atoms with van der Waals surface area (Å²) < 4.78 is 8.28. The summed E-state index contributed by atoms with van der Waals surface area (Å²) in [5.41, 5.74) is 6.01. The largest absolute Gasteiger partial charge is 0.490 e. The maximum absolute atomic E-state index is 6.33. The molecule has 2 N–H and O–H groups in total. The summed E-state index contributed by atoms with van der Waals surface area (Å²) in [6, 6.07) is 6.44. The zero-order valence-electron chi connectivity index (χ0n) is 19.6. The van der Waals surface area contributed by atoms with Crippen LogP contribution < -0.4 is 15.4 Å². The van der Waals surface area contributed by atoms with Crippen molar-refractivity contribution in [2.24, 2.45) is 12.0 Å². The standard InChI is InChI=1S/C24H37N5O.HI/c1-6-25-24(26-14-13-22-18(3)28-29(5)19(22)4)27-16-20-12-11-17(2)15-23(20)30-21-9-7-8-10-21;/h11-12,15,21H,6-10,13-14,16H2,1-5H3,(H2,25,26,27);1H. The third kappa shape index (κ3) is 7.12. The normalized spacial score (nSPS) is 14.4. The van der Waals surface area contributed by atoms with Crippen LogP contribution in [-0.2, 0) is 20.0 Å². The Morgan fingerprint density at radius 1 is 1.19 bits per heavy atom. The number of aromatic nitrogens is 2. The predicted molar refractivity (Wildman–Crippen MR) is 139 cm³/mol. The van der Waals surface area contributed by atoms with Crippen LogP contribution in [0.3, 0.4) is 0 Å². The topological polar surface area (TPSA) is 63.5 Å². The van der Waals surface area contributed by atoms with Crippen LogP contribution in [-0.4, -0.2) is 34.9 Å². The van der Waals surface area contributed by atoms with Crippen LogP contribution >= 0.6 is 24.0 Å². The Labute approximate surface area is 204 Å². The molecule has 0 unspecified atom stereocenters. The molecule has 7 heteroatoms. The second kappa shape index (κ2) is 12.3. The number of hydrogen-bond donors (Lipinski definition) is 2. The van der Waals surface area contributed by atoms with Crippen molar-refractivity contribution in [1.82, 2.24) is 20.4 Å². The highest BCUT2D eigenvalue weighted by Crippen LogP contribution is 2.28. The third-order valence-electron chi connectivity index (χ3n) is 5.90. The van der Waals surface area contributed by atoms with Gasteiger partial charge in [-0.1, -0.05) is 12.1 Å². The van der Waals surface area contributed by atoms with Gasteiger partial charge in [0, 0.05) is 31.4 Å². The zero-order valence-corrected chi connectivity index (χ0v) is 22.0. The van der Waals surface area contributed by atoms with Crippen LogP contribution in [0.2, 0.25) is 0 Å². The molecule has 1 aliphatic rings. The first kappa shape index (κ1) is 25.5. The van der Waals surface area contributed by atoms with Crippen molar-refractivity contribution in [3.63, 3.8) is 0 Å². The van der Waals surface area contributed by atoms with Gasteiger partial charge in [0.2, 0.25) is 0 Å². The molecule has 172 valence electrons. The monoisotopic (exact) mass is 539 g/mol. The number of aryl methyl sites for hydroxylation is 3. The van der Waals surface area contributed by atoms with Crippen LogP contribution in [0.25, 0.3) is 0 Å². The van der Waals surface area contributed by atoms with Crippen molar-refractivity contribution in [3.05, 3.63) is 46.3 Å². The van der Waals surface area contributed by atoms with Gasteiger partial charge in [-0.3, -0.25) is 4.68 Å². The number of ether oxygens (including phenoxy) is 1. The van der Waals surface area contributed by atoms with E-state index in [4.69, 9.17) is 9.73 Å². The van der Waals surface area contributed by atoms with E-state index in [1.54, 1.807) is 0 Å². The summed E-state index contributed by atoms with van der Waals surface area (Å²) >= 11 is 0. The molecular weight excluding hydrogens is 501 g/mol. The Hall–Kier alpha value is -1.77. The maximum Gasteiger partial charge on any atom is 0.191 e. The summed E-state index contributed by atoms with van der Waals surface area (Å²) in [5.74, 6) is 1.83. The van der Waals surface area contributed by atoms with E-state index >= 15 is 0 Å². The molecule has 0 radical (unpaired) electrons. The van der Waals surface area contributed by atoms with E-state index < -0.39 is 0 Å². The SMILES string of the molecule is CCNC(=NCc1ccc(C)cc1OC1CCCC1)NCCc1c(C)nn(C)c1C.I. The van der Waals surface area contributed by atoms with E-state index in [2.05, 4.69) is 61.6 Å². The van der Waals surface area contributed by atoms with Gasteiger partial charge in [-0.05, 0) is 77.0 Å². The maximum atomic E-state index is 6.33. The average Bonchev–Trinajstić information content (AvgIpc) is 3.30. The molecule has 1 saturated carbocycles. The molecule has 1 heterocycles. The Morgan fingerprint density at radius 2 is 1.94 bits per heavy atom. The molecule has 1 aromatic carbocycles. The average molecular weight is 540 g/mol. The molecule has 1 aromatic heterocycles. The Morgan fingerprint density at radius 3 is 2.58 bits per heavy atom. The summed E-state index contributed by atoms with van der Waals surface area (Å²) in [7, 11) is 2.00. The lowest BCUT2D eigenvalue weighted by molar-refractivity contribution is 0.208. The van der Waals surface area contributed by atoms with Gasteiger partial charge in [-0.25, -0.2) is 4.99 Å². The van der Waals surface area contributed by atoms with Gasteiger partial charge in [-0.2, -0.15) is 5.10 Å². The minimum absolute atomic E-state index is 0. The van der Waals surface area contributed by atoms with Crippen molar-refractivity contribution in [2.45, 2.75) is 72.4 Å². The fourth-order valence-corrected chi connectivity index (χ4v) is 4.08. The molecule has 0 amide bonds. The molecular formula is C24H38IN5O. The molecule has 6 nitrogen and oxygen atoms in total. The lowest BCUT2D eigenvalue weighted by Crippen LogP contribution is -2.38. The molecule has 3 rings (SSSR count). The molecule has 0 bridgehead atoms. The molecule has 0 aliphatic heterocycles. The highest BCUT2D eigenvalue weighted by molar-refractivity contribution is 14.0. The van der Waals surface area contributed by atoms with Gasteiger partial charge in [0.25, 0.3) is 0 Å². The number of aliphatic imine (C=N–C) groups is 1. The molecule has 1 fully saturated rings. The number of benzene rings is 1. The number of rotatable bonds is 8. The van der Waals surface area contributed by atoms with E-state index in [0.717, 1.165) is 55.3 Å². The van der Waals surface area contributed by atoms with Gasteiger partial charge in [-0.15, -0.1) is 24.0 Å².